The molecule has 0 radical (unpaired) electrons. The molecule has 110 valence electrons. The molecule has 0 saturated heterocycles. The summed E-state index contributed by atoms with van der Waals surface area (Å²) in [6.07, 6.45) is 0. The van der Waals surface area contributed by atoms with Crippen LogP contribution in [0.4, 0.5) is 10.2 Å². The Labute approximate surface area is 120 Å². The molecule has 0 amide bonds. The molecule has 0 fully saturated rings. The SMILES string of the molecule is Cc1nc(C)c(S(=O)(=O)Nc2cc(C(C)(C)F)on2)s1. The second kappa shape index (κ2) is 4.81. The van der Waals surface area contributed by atoms with Gasteiger partial charge in [-0.1, -0.05) is 5.16 Å². The number of thiazole rings is 1. The molecular weight excluding hydrogens is 305 g/mol. The molecule has 0 spiro atoms. The average molecular weight is 319 g/mol. The van der Waals surface area contributed by atoms with Gasteiger partial charge in [-0.15, -0.1) is 11.3 Å². The fraction of sp³-hybridized carbons (Fsp3) is 0.455. The van der Waals surface area contributed by atoms with Crippen LogP contribution in [0.25, 0.3) is 0 Å². The molecule has 2 aromatic heterocycles. The molecule has 0 bridgehead atoms. The van der Waals surface area contributed by atoms with Crippen LogP contribution >= 0.6 is 11.3 Å². The van der Waals surface area contributed by atoms with E-state index in [2.05, 4.69) is 14.9 Å². The summed E-state index contributed by atoms with van der Waals surface area (Å²) >= 11 is 1.06. The van der Waals surface area contributed by atoms with E-state index in [1.54, 1.807) is 13.8 Å². The van der Waals surface area contributed by atoms with Gasteiger partial charge < -0.3 is 4.52 Å². The zero-order valence-corrected chi connectivity index (χ0v) is 13.0. The van der Waals surface area contributed by atoms with Gasteiger partial charge in [0.25, 0.3) is 10.0 Å². The quantitative estimate of drug-likeness (QED) is 0.936. The lowest BCUT2D eigenvalue weighted by molar-refractivity contribution is 0.163. The van der Waals surface area contributed by atoms with Gasteiger partial charge in [0.15, 0.2) is 21.5 Å². The van der Waals surface area contributed by atoms with E-state index in [1.165, 1.54) is 19.9 Å². The first-order chi connectivity index (χ1) is 9.09. The number of aryl methyl sites for hydroxylation is 2. The Hall–Kier alpha value is -1.48. The first-order valence-electron chi connectivity index (χ1n) is 5.72. The molecule has 2 heterocycles. The molecule has 0 aliphatic heterocycles. The van der Waals surface area contributed by atoms with Crippen molar-refractivity contribution in [1.82, 2.24) is 10.1 Å². The molecule has 0 aliphatic carbocycles. The Morgan fingerprint density at radius 3 is 2.50 bits per heavy atom. The summed E-state index contributed by atoms with van der Waals surface area (Å²) in [5, 5.41) is 4.16. The third-order valence-electron chi connectivity index (χ3n) is 2.44. The highest BCUT2D eigenvalue weighted by Gasteiger charge is 2.27. The van der Waals surface area contributed by atoms with Crippen LogP contribution in [0.1, 0.15) is 30.3 Å². The fourth-order valence-electron chi connectivity index (χ4n) is 1.55. The van der Waals surface area contributed by atoms with Crippen molar-refractivity contribution in [2.45, 2.75) is 37.6 Å². The van der Waals surface area contributed by atoms with E-state index in [0.29, 0.717) is 10.7 Å². The van der Waals surface area contributed by atoms with Crippen LogP contribution in [-0.4, -0.2) is 18.6 Å². The molecule has 9 heteroatoms. The second-order valence-corrected chi connectivity index (χ2v) is 7.84. The number of hydrogen-bond acceptors (Lipinski definition) is 6. The number of nitrogens with zero attached hydrogens (tertiary/aromatic N) is 2. The predicted molar refractivity (Wildman–Crippen MR) is 73.0 cm³/mol. The summed E-state index contributed by atoms with van der Waals surface area (Å²) in [4.78, 5) is 4.06. The lowest BCUT2D eigenvalue weighted by atomic mass is 10.1. The van der Waals surface area contributed by atoms with Crippen LogP contribution in [0.3, 0.4) is 0 Å². The zero-order valence-electron chi connectivity index (χ0n) is 11.4. The van der Waals surface area contributed by atoms with Crippen LogP contribution in [0.15, 0.2) is 14.8 Å². The van der Waals surface area contributed by atoms with Crippen LogP contribution in [0.5, 0.6) is 0 Å². The lowest BCUT2D eigenvalue weighted by Gasteiger charge is -2.07. The Balaban J connectivity index is 2.29. The van der Waals surface area contributed by atoms with E-state index in [9.17, 15) is 12.8 Å². The minimum Gasteiger partial charge on any atom is -0.356 e. The highest BCUT2D eigenvalue weighted by atomic mass is 32.2. The van der Waals surface area contributed by atoms with E-state index in [1.807, 2.05) is 0 Å². The van der Waals surface area contributed by atoms with Crippen LogP contribution < -0.4 is 4.72 Å². The number of rotatable bonds is 4. The molecule has 0 aliphatic rings. The van der Waals surface area contributed by atoms with Gasteiger partial charge in [0, 0.05) is 6.07 Å². The third-order valence-corrected chi connectivity index (χ3v) is 5.48. The number of alkyl halides is 1. The van der Waals surface area contributed by atoms with Gasteiger partial charge in [-0.2, -0.15) is 0 Å². The van der Waals surface area contributed by atoms with Gasteiger partial charge in [0.05, 0.1) is 10.7 Å². The first-order valence-corrected chi connectivity index (χ1v) is 8.02. The zero-order chi connectivity index (χ0) is 15.1. The monoisotopic (exact) mass is 319 g/mol. The summed E-state index contributed by atoms with van der Waals surface area (Å²) in [6.45, 7) is 5.92. The van der Waals surface area contributed by atoms with Crippen molar-refractivity contribution in [3.8, 4) is 0 Å². The maximum Gasteiger partial charge on any atom is 0.274 e. The Bertz CT molecular complexity index is 728. The van der Waals surface area contributed by atoms with Crippen LogP contribution in [-0.2, 0) is 15.7 Å². The molecule has 1 N–H and O–H groups in total. The number of hydrogen-bond donors (Lipinski definition) is 1. The van der Waals surface area contributed by atoms with E-state index in [0.717, 1.165) is 11.3 Å². The number of nitrogens with one attached hydrogen (secondary N) is 1. The maximum atomic E-state index is 13.6. The van der Waals surface area contributed by atoms with Crippen molar-refractivity contribution >= 4 is 27.2 Å². The number of anilines is 1. The predicted octanol–water partition coefficient (Wildman–Crippen LogP) is 2.75. The molecule has 0 atom stereocenters. The van der Waals surface area contributed by atoms with E-state index in [-0.39, 0.29) is 15.8 Å². The Morgan fingerprint density at radius 2 is 2.05 bits per heavy atom. The summed E-state index contributed by atoms with van der Waals surface area (Å²) < 4.78 is 45.1. The summed E-state index contributed by atoms with van der Waals surface area (Å²) in [6, 6.07) is 1.22. The van der Waals surface area contributed by atoms with Gasteiger partial charge in [0.2, 0.25) is 0 Å². The maximum absolute atomic E-state index is 13.6. The first kappa shape index (κ1) is 14.9. The van der Waals surface area contributed by atoms with Gasteiger partial charge >= 0.3 is 0 Å². The standard InChI is InChI=1S/C11H14FN3O3S2/c1-6-10(19-7(2)13-6)20(16,17)15-9-5-8(18-14-9)11(3,4)12/h5H,1-4H3,(H,14,15). The van der Waals surface area contributed by atoms with Gasteiger partial charge in [-0.3, -0.25) is 4.72 Å². The summed E-state index contributed by atoms with van der Waals surface area (Å²) in [5.74, 6) is -0.108. The van der Waals surface area contributed by atoms with E-state index in [4.69, 9.17) is 4.52 Å². The molecule has 0 saturated carbocycles. The number of aromatic nitrogens is 2. The topological polar surface area (TPSA) is 85.1 Å². The Kier molecular flexibility index (Phi) is 3.59. The molecule has 2 aromatic rings. The minimum absolute atomic E-state index is 0.0487. The summed E-state index contributed by atoms with van der Waals surface area (Å²) in [5.41, 5.74) is -1.32. The van der Waals surface area contributed by atoms with Crippen LogP contribution in [0.2, 0.25) is 0 Å². The highest BCUT2D eigenvalue weighted by molar-refractivity contribution is 7.94. The number of sulfonamides is 1. The molecule has 0 unspecified atom stereocenters. The fourth-order valence-corrected chi connectivity index (χ4v) is 4.02. The van der Waals surface area contributed by atoms with Crippen molar-refractivity contribution in [2.24, 2.45) is 0 Å². The molecule has 0 aromatic carbocycles. The smallest absolute Gasteiger partial charge is 0.274 e. The highest BCUT2D eigenvalue weighted by Crippen LogP contribution is 2.29. The average Bonchev–Trinajstić information content (AvgIpc) is 2.84. The third kappa shape index (κ3) is 2.98. The lowest BCUT2D eigenvalue weighted by Crippen LogP contribution is -2.13. The Morgan fingerprint density at radius 1 is 1.40 bits per heavy atom. The number of halogens is 1. The molecular formula is C11H14FN3O3S2. The largest absolute Gasteiger partial charge is 0.356 e. The summed E-state index contributed by atoms with van der Waals surface area (Å²) in [7, 11) is -3.79. The van der Waals surface area contributed by atoms with Gasteiger partial charge in [0.1, 0.15) is 0 Å². The van der Waals surface area contributed by atoms with Gasteiger partial charge in [-0.25, -0.2) is 17.8 Å². The van der Waals surface area contributed by atoms with Crippen molar-refractivity contribution in [3.05, 3.63) is 22.5 Å². The van der Waals surface area contributed by atoms with Crippen molar-refractivity contribution in [2.75, 3.05) is 4.72 Å². The van der Waals surface area contributed by atoms with E-state index >= 15 is 0 Å². The van der Waals surface area contributed by atoms with Crippen molar-refractivity contribution in [1.29, 1.82) is 0 Å². The van der Waals surface area contributed by atoms with E-state index < -0.39 is 15.7 Å². The molecule has 2 rings (SSSR count). The normalized spacial score (nSPS) is 12.7. The van der Waals surface area contributed by atoms with Crippen molar-refractivity contribution < 1.29 is 17.3 Å². The minimum atomic E-state index is -3.79. The molecule has 20 heavy (non-hydrogen) atoms. The van der Waals surface area contributed by atoms with Crippen LogP contribution in [0, 0.1) is 13.8 Å². The van der Waals surface area contributed by atoms with Gasteiger partial charge in [-0.05, 0) is 27.7 Å². The molecule has 6 nitrogen and oxygen atoms in total. The second-order valence-electron chi connectivity index (χ2n) is 4.76. The van der Waals surface area contributed by atoms with Crippen molar-refractivity contribution in [3.63, 3.8) is 0 Å².